The van der Waals surface area contributed by atoms with Crippen molar-refractivity contribution in [3.05, 3.63) is 12.2 Å². The predicted molar refractivity (Wildman–Crippen MR) is 34.1 cm³/mol. The molecule has 0 aliphatic heterocycles. The van der Waals surface area contributed by atoms with E-state index < -0.39 is 6.10 Å². The van der Waals surface area contributed by atoms with E-state index in [1.54, 1.807) is 6.92 Å². The minimum atomic E-state index is -0.466. The summed E-state index contributed by atoms with van der Waals surface area (Å²) >= 11 is 0. The second-order valence-electron chi connectivity index (χ2n) is 2.09. The average molecular weight is 113 g/mol. The molecular weight excluding hydrogens is 100 g/mol. The van der Waals surface area contributed by atoms with E-state index in [9.17, 15) is 5.11 Å². The minimum Gasteiger partial charge on any atom is -0.233 e. The summed E-state index contributed by atoms with van der Waals surface area (Å²) in [7, 11) is 0. The number of allylic oxidation sites excluding steroid dienone is 1. The molecule has 0 aromatic heterocycles. The summed E-state index contributed by atoms with van der Waals surface area (Å²) in [6.07, 6.45) is 3.38. The molecule has 0 rings (SSSR count). The fourth-order valence-electron chi connectivity index (χ4n) is 0.460. The van der Waals surface area contributed by atoms with E-state index in [1.807, 2.05) is 26.0 Å². The van der Waals surface area contributed by atoms with Crippen molar-refractivity contribution in [1.82, 2.24) is 0 Å². The van der Waals surface area contributed by atoms with Gasteiger partial charge in [0.1, 0.15) is 0 Å². The Bertz CT molecular complexity index is 74.5. The largest absolute Gasteiger partial charge is 0.233 e. The second-order valence-corrected chi connectivity index (χ2v) is 2.09. The summed E-state index contributed by atoms with van der Waals surface area (Å²) < 4.78 is 0. The molecule has 8 heavy (non-hydrogen) atoms. The second kappa shape index (κ2) is 3.67. The molecule has 2 unspecified atom stereocenters. The van der Waals surface area contributed by atoms with Crippen LogP contribution in [0.25, 0.3) is 0 Å². The van der Waals surface area contributed by atoms with Crippen LogP contribution in [0.4, 0.5) is 0 Å². The van der Waals surface area contributed by atoms with Gasteiger partial charge in [-0.1, -0.05) is 19.1 Å². The van der Waals surface area contributed by atoms with Crippen molar-refractivity contribution >= 4 is 0 Å². The molecule has 1 heteroatoms. The Labute approximate surface area is 51.0 Å². The summed E-state index contributed by atoms with van der Waals surface area (Å²) in [5, 5.41) is 10.6. The van der Waals surface area contributed by atoms with Crippen LogP contribution in [0.5, 0.6) is 0 Å². The van der Waals surface area contributed by atoms with Crippen molar-refractivity contribution in [2.45, 2.75) is 26.9 Å². The third-order valence-corrected chi connectivity index (χ3v) is 1.24. The average Bonchev–Trinajstić information content (AvgIpc) is 1.67. The molecule has 0 aliphatic carbocycles. The van der Waals surface area contributed by atoms with Crippen molar-refractivity contribution in [2.24, 2.45) is 5.92 Å². The molecule has 0 heterocycles. The smallest absolute Gasteiger partial charge is 0.0961 e. The zero-order valence-electron chi connectivity index (χ0n) is 5.72. The first-order chi connectivity index (χ1) is 3.68. The fraction of sp³-hybridized carbons (Fsp3) is 0.714. The first-order valence-corrected chi connectivity index (χ1v) is 2.97. The molecule has 0 aliphatic rings. The highest BCUT2D eigenvalue weighted by molar-refractivity contribution is 4.85. The maximum atomic E-state index is 10.6. The van der Waals surface area contributed by atoms with E-state index in [4.69, 9.17) is 0 Å². The molecule has 0 N–H and O–H groups in total. The van der Waals surface area contributed by atoms with Gasteiger partial charge in [-0.3, -0.25) is 0 Å². The predicted octanol–water partition coefficient (Wildman–Crippen LogP) is 2.02. The summed E-state index contributed by atoms with van der Waals surface area (Å²) in [4.78, 5) is 0. The summed E-state index contributed by atoms with van der Waals surface area (Å²) in [5.41, 5.74) is 0. The zero-order chi connectivity index (χ0) is 6.57. The molecule has 0 bridgehead atoms. The molecule has 0 fully saturated rings. The molecule has 0 amide bonds. The lowest BCUT2D eigenvalue weighted by molar-refractivity contribution is 0.0755. The molecule has 0 spiro atoms. The molecule has 47 valence electrons. The topological polar surface area (TPSA) is 19.9 Å². The SMILES string of the molecule is CC=CC(C)C(C)[O]. The van der Waals surface area contributed by atoms with E-state index in [0.717, 1.165) is 0 Å². The third-order valence-electron chi connectivity index (χ3n) is 1.24. The van der Waals surface area contributed by atoms with Gasteiger partial charge >= 0.3 is 0 Å². The molecule has 0 saturated carbocycles. The Kier molecular flexibility index (Phi) is 3.53. The number of rotatable bonds is 2. The van der Waals surface area contributed by atoms with E-state index in [2.05, 4.69) is 0 Å². The zero-order valence-corrected chi connectivity index (χ0v) is 5.72. The standard InChI is InChI=1S/C7H13O/c1-4-5-6(2)7(3)8/h4-7H,1-3H3. The van der Waals surface area contributed by atoms with E-state index in [0.29, 0.717) is 0 Å². The Morgan fingerprint density at radius 2 is 1.88 bits per heavy atom. The van der Waals surface area contributed by atoms with Crippen molar-refractivity contribution < 1.29 is 5.11 Å². The highest BCUT2D eigenvalue weighted by Gasteiger charge is 2.03. The summed E-state index contributed by atoms with van der Waals surface area (Å²) in [6, 6.07) is 0. The van der Waals surface area contributed by atoms with Gasteiger partial charge in [0.2, 0.25) is 0 Å². The van der Waals surface area contributed by atoms with Gasteiger partial charge in [-0.25, -0.2) is 5.11 Å². The van der Waals surface area contributed by atoms with Gasteiger partial charge in [0.25, 0.3) is 0 Å². The van der Waals surface area contributed by atoms with Gasteiger partial charge in [-0.15, -0.1) is 0 Å². The lowest BCUT2D eigenvalue weighted by Crippen LogP contribution is -2.07. The van der Waals surface area contributed by atoms with Crippen molar-refractivity contribution in [1.29, 1.82) is 0 Å². The Morgan fingerprint density at radius 1 is 1.38 bits per heavy atom. The third kappa shape index (κ3) is 2.80. The van der Waals surface area contributed by atoms with Crippen LogP contribution in [0.2, 0.25) is 0 Å². The van der Waals surface area contributed by atoms with Gasteiger partial charge in [0.05, 0.1) is 6.10 Å². The normalized spacial score (nSPS) is 19.0. The molecule has 0 aromatic rings. The Morgan fingerprint density at radius 3 is 2.00 bits per heavy atom. The Hall–Kier alpha value is -0.300. The minimum absolute atomic E-state index is 0.181. The number of hydrogen-bond acceptors (Lipinski definition) is 0. The highest BCUT2D eigenvalue weighted by atomic mass is 16.3. The van der Waals surface area contributed by atoms with Crippen LogP contribution >= 0.6 is 0 Å². The van der Waals surface area contributed by atoms with Crippen LogP contribution in [0.15, 0.2) is 12.2 Å². The van der Waals surface area contributed by atoms with E-state index in [-0.39, 0.29) is 5.92 Å². The van der Waals surface area contributed by atoms with Crippen LogP contribution in [-0.4, -0.2) is 6.10 Å². The molecule has 2 atom stereocenters. The first kappa shape index (κ1) is 7.70. The summed E-state index contributed by atoms with van der Waals surface area (Å²) in [5.74, 6) is 0.181. The Balaban J connectivity index is 3.47. The first-order valence-electron chi connectivity index (χ1n) is 2.97. The van der Waals surface area contributed by atoms with Gasteiger partial charge in [-0.05, 0) is 13.8 Å². The highest BCUT2D eigenvalue weighted by Crippen LogP contribution is 2.02. The van der Waals surface area contributed by atoms with Crippen LogP contribution in [0.1, 0.15) is 20.8 Å². The quantitative estimate of drug-likeness (QED) is 0.488. The molecule has 1 radical (unpaired) electrons. The van der Waals surface area contributed by atoms with Crippen molar-refractivity contribution in [3.8, 4) is 0 Å². The maximum Gasteiger partial charge on any atom is 0.0961 e. The van der Waals surface area contributed by atoms with Gasteiger partial charge < -0.3 is 0 Å². The molecular formula is C7H13O. The van der Waals surface area contributed by atoms with E-state index >= 15 is 0 Å². The van der Waals surface area contributed by atoms with Crippen LogP contribution in [0.3, 0.4) is 0 Å². The maximum absolute atomic E-state index is 10.6. The van der Waals surface area contributed by atoms with Crippen LogP contribution in [-0.2, 0) is 5.11 Å². The lowest BCUT2D eigenvalue weighted by atomic mass is 10.1. The summed E-state index contributed by atoms with van der Waals surface area (Å²) in [6.45, 7) is 5.54. The monoisotopic (exact) mass is 113 g/mol. The van der Waals surface area contributed by atoms with Crippen LogP contribution < -0.4 is 0 Å². The lowest BCUT2D eigenvalue weighted by Gasteiger charge is -2.04. The van der Waals surface area contributed by atoms with Gasteiger partial charge in [0.15, 0.2) is 0 Å². The molecule has 0 saturated heterocycles. The fourth-order valence-corrected chi connectivity index (χ4v) is 0.460. The van der Waals surface area contributed by atoms with Crippen molar-refractivity contribution in [2.75, 3.05) is 0 Å². The molecule has 1 nitrogen and oxygen atoms in total. The van der Waals surface area contributed by atoms with Crippen molar-refractivity contribution in [3.63, 3.8) is 0 Å². The van der Waals surface area contributed by atoms with Crippen LogP contribution in [0, 0.1) is 5.92 Å². The molecule has 0 aromatic carbocycles. The van der Waals surface area contributed by atoms with Gasteiger partial charge in [-0.2, -0.15) is 0 Å². The van der Waals surface area contributed by atoms with Gasteiger partial charge in [0, 0.05) is 5.92 Å². The van der Waals surface area contributed by atoms with E-state index in [1.165, 1.54) is 0 Å². The number of hydrogen-bond donors (Lipinski definition) is 0.